The van der Waals surface area contributed by atoms with Crippen molar-refractivity contribution in [3.63, 3.8) is 0 Å². The molecule has 0 radical (unpaired) electrons. The molecule has 3 aromatic rings. The maximum atomic E-state index is 12.8. The minimum atomic E-state index is -0.393. The molecule has 0 saturated carbocycles. The van der Waals surface area contributed by atoms with Gasteiger partial charge in [0, 0.05) is 17.3 Å². The van der Waals surface area contributed by atoms with Crippen molar-refractivity contribution < 1.29 is 19.1 Å². The van der Waals surface area contributed by atoms with Gasteiger partial charge in [-0.2, -0.15) is 0 Å². The fraction of sp³-hybridized carbons (Fsp3) is 0.0800. The van der Waals surface area contributed by atoms with Crippen molar-refractivity contribution in [3.8, 4) is 5.75 Å². The molecule has 0 fully saturated rings. The molecule has 0 aliphatic carbocycles. The number of carbonyl (C=O) groups excluding carboxylic acids is 3. The number of nitrogens with one attached hydrogen (secondary N) is 2. The molecule has 0 aliphatic heterocycles. The average Bonchev–Trinajstić information content (AvgIpc) is 2.78. The molecule has 0 unspecified atom stereocenters. The second-order valence-electron chi connectivity index (χ2n) is 6.73. The summed E-state index contributed by atoms with van der Waals surface area (Å²) in [4.78, 5) is 36.7. The van der Waals surface area contributed by atoms with E-state index in [1.54, 1.807) is 73.8 Å². The number of anilines is 2. The summed E-state index contributed by atoms with van der Waals surface area (Å²) < 4.78 is 5.11. The van der Waals surface area contributed by atoms with Gasteiger partial charge in [0.05, 0.1) is 18.4 Å². The quantitative estimate of drug-likeness (QED) is 0.430. The number of ether oxygens (including phenoxy) is 1. The summed E-state index contributed by atoms with van der Waals surface area (Å²) in [6, 6.07) is 20.7. The van der Waals surface area contributed by atoms with Gasteiger partial charge in [-0.05, 0) is 55.0 Å². The summed E-state index contributed by atoms with van der Waals surface area (Å²) in [7, 11) is 1.59. The first kappa shape index (κ1) is 21.5. The van der Waals surface area contributed by atoms with E-state index < -0.39 is 5.91 Å². The molecule has 2 amide bonds. The number of para-hydroxylation sites is 1. The highest BCUT2D eigenvalue weighted by molar-refractivity contribution is 6.12. The van der Waals surface area contributed by atoms with Crippen LogP contribution in [0.15, 0.2) is 78.9 Å². The molecule has 0 aliphatic rings. The van der Waals surface area contributed by atoms with E-state index in [1.165, 1.54) is 13.0 Å². The zero-order valence-corrected chi connectivity index (χ0v) is 17.2. The van der Waals surface area contributed by atoms with Crippen LogP contribution in [-0.2, 0) is 4.79 Å². The first-order chi connectivity index (χ1) is 15.0. The van der Waals surface area contributed by atoms with E-state index >= 15 is 0 Å². The van der Waals surface area contributed by atoms with Crippen molar-refractivity contribution in [2.45, 2.75) is 6.92 Å². The Morgan fingerprint density at radius 3 is 2.32 bits per heavy atom. The third-order valence-electron chi connectivity index (χ3n) is 4.50. The smallest absolute Gasteiger partial charge is 0.257 e. The van der Waals surface area contributed by atoms with Crippen molar-refractivity contribution in [2.75, 3.05) is 17.7 Å². The number of Topliss-reactive ketones (excluding diaryl/α,β-unsaturated/α-hetero) is 1. The lowest BCUT2D eigenvalue weighted by Gasteiger charge is -2.11. The van der Waals surface area contributed by atoms with E-state index in [1.807, 2.05) is 12.1 Å². The Hall–Kier alpha value is -4.19. The van der Waals surface area contributed by atoms with Crippen LogP contribution < -0.4 is 15.4 Å². The normalized spacial score (nSPS) is 10.5. The highest BCUT2D eigenvalue weighted by Crippen LogP contribution is 2.19. The summed E-state index contributed by atoms with van der Waals surface area (Å²) in [6.07, 6.45) is 3.07. The molecule has 31 heavy (non-hydrogen) atoms. The summed E-state index contributed by atoms with van der Waals surface area (Å²) >= 11 is 0. The predicted molar refractivity (Wildman–Crippen MR) is 121 cm³/mol. The van der Waals surface area contributed by atoms with Gasteiger partial charge < -0.3 is 15.4 Å². The van der Waals surface area contributed by atoms with Crippen LogP contribution in [0.25, 0.3) is 6.08 Å². The van der Waals surface area contributed by atoms with Gasteiger partial charge in [-0.15, -0.1) is 0 Å². The minimum Gasteiger partial charge on any atom is -0.497 e. The van der Waals surface area contributed by atoms with Gasteiger partial charge in [-0.25, -0.2) is 0 Å². The van der Waals surface area contributed by atoms with Crippen molar-refractivity contribution in [1.82, 2.24) is 0 Å². The molecule has 3 rings (SSSR count). The highest BCUT2D eigenvalue weighted by Gasteiger charge is 2.13. The number of rotatable bonds is 7. The van der Waals surface area contributed by atoms with Crippen molar-refractivity contribution in [2.24, 2.45) is 0 Å². The Morgan fingerprint density at radius 1 is 0.871 bits per heavy atom. The summed E-state index contributed by atoms with van der Waals surface area (Å²) in [5, 5.41) is 5.50. The number of ketones is 1. The lowest BCUT2D eigenvalue weighted by molar-refractivity contribution is -0.111. The standard InChI is InChI=1S/C25H22N2O4/c1-17(28)19-6-5-7-20(16-19)26-25(30)22-8-3-4-9-23(22)27-24(29)15-12-18-10-13-21(31-2)14-11-18/h3-16H,1-2H3,(H,26,30)(H,27,29)/b15-12+. The predicted octanol–water partition coefficient (Wildman–Crippen LogP) is 4.80. The van der Waals surface area contributed by atoms with Crippen LogP contribution in [0.1, 0.15) is 33.2 Å². The average molecular weight is 414 g/mol. The van der Waals surface area contributed by atoms with E-state index in [9.17, 15) is 14.4 Å². The Balaban J connectivity index is 1.71. The Bertz CT molecular complexity index is 1130. The molecule has 6 heteroatoms. The number of carbonyl (C=O) groups is 3. The second-order valence-corrected chi connectivity index (χ2v) is 6.73. The minimum absolute atomic E-state index is 0.0904. The number of amides is 2. The van der Waals surface area contributed by atoms with Crippen LogP contribution in [0.2, 0.25) is 0 Å². The molecule has 0 spiro atoms. The third-order valence-corrected chi connectivity index (χ3v) is 4.50. The number of methoxy groups -OCH3 is 1. The second kappa shape index (κ2) is 10.0. The summed E-state index contributed by atoms with van der Waals surface area (Å²) in [5.41, 5.74) is 2.53. The number of hydrogen-bond acceptors (Lipinski definition) is 4. The molecule has 0 aromatic heterocycles. The monoisotopic (exact) mass is 414 g/mol. The van der Waals surface area contributed by atoms with Crippen LogP contribution in [0.5, 0.6) is 5.75 Å². The van der Waals surface area contributed by atoms with Gasteiger partial charge in [0.1, 0.15) is 5.75 Å². The van der Waals surface area contributed by atoms with Crippen molar-refractivity contribution >= 4 is 35.0 Å². The molecular weight excluding hydrogens is 392 g/mol. The van der Waals surface area contributed by atoms with Crippen LogP contribution in [0.4, 0.5) is 11.4 Å². The van der Waals surface area contributed by atoms with E-state index in [2.05, 4.69) is 10.6 Å². The largest absolute Gasteiger partial charge is 0.497 e. The molecule has 2 N–H and O–H groups in total. The maximum absolute atomic E-state index is 12.8. The van der Waals surface area contributed by atoms with Gasteiger partial charge in [0.15, 0.2) is 5.78 Å². The lowest BCUT2D eigenvalue weighted by Crippen LogP contribution is -2.17. The molecule has 0 bridgehead atoms. The van der Waals surface area contributed by atoms with E-state index in [0.717, 1.165) is 11.3 Å². The fourth-order valence-electron chi connectivity index (χ4n) is 2.87. The van der Waals surface area contributed by atoms with Crippen molar-refractivity contribution in [3.05, 3.63) is 95.6 Å². The summed E-state index contributed by atoms with van der Waals surface area (Å²) in [5.74, 6) is -0.117. The molecule has 0 heterocycles. The van der Waals surface area contributed by atoms with E-state index in [0.29, 0.717) is 22.5 Å². The number of benzene rings is 3. The molecule has 156 valence electrons. The molecule has 3 aromatic carbocycles. The Labute approximate surface area is 180 Å². The lowest BCUT2D eigenvalue weighted by atomic mass is 10.1. The maximum Gasteiger partial charge on any atom is 0.257 e. The van der Waals surface area contributed by atoms with Crippen LogP contribution in [0, 0.1) is 0 Å². The van der Waals surface area contributed by atoms with Gasteiger partial charge in [0.2, 0.25) is 5.91 Å². The van der Waals surface area contributed by atoms with Gasteiger partial charge in [-0.1, -0.05) is 36.4 Å². The molecule has 6 nitrogen and oxygen atoms in total. The Morgan fingerprint density at radius 2 is 1.61 bits per heavy atom. The van der Waals surface area contributed by atoms with Crippen LogP contribution in [-0.4, -0.2) is 24.7 Å². The zero-order valence-electron chi connectivity index (χ0n) is 17.2. The third kappa shape index (κ3) is 5.90. The van der Waals surface area contributed by atoms with Crippen molar-refractivity contribution in [1.29, 1.82) is 0 Å². The SMILES string of the molecule is COc1ccc(/C=C/C(=O)Nc2ccccc2C(=O)Nc2cccc(C(C)=O)c2)cc1. The van der Waals surface area contributed by atoms with E-state index in [-0.39, 0.29) is 11.7 Å². The zero-order chi connectivity index (χ0) is 22.2. The van der Waals surface area contributed by atoms with Crippen LogP contribution in [0.3, 0.4) is 0 Å². The fourth-order valence-corrected chi connectivity index (χ4v) is 2.87. The van der Waals surface area contributed by atoms with Crippen LogP contribution >= 0.6 is 0 Å². The molecular formula is C25H22N2O4. The first-order valence-corrected chi connectivity index (χ1v) is 9.61. The topological polar surface area (TPSA) is 84.5 Å². The van der Waals surface area contributed by atoms with E-state index in [4.69, 9.17) is 4.74 Å². The Kier molecular flexibility index (Phi) is 6.96. The summed E-state index contributed by atoms with van der Waals surface area (Å²) in [6.45, 7) is 1.46. The van der Waals surface area contributed by atoms with Gasteiger partial charge in [0.25, 0.3) is 5.91 Å². The van der Waals surface area contributed by atoms with Gasteiger partial charge in [-0.3, -0.25) is 14.4 Å². The highest BCUT2D eigenvalue weighted by atomic mass is 16.5. The number of hydrogen-bond donors (Lipinski definition) is 2. The molecule has 0 saturated heterocycles. The first-order valence-electron chi connectivity index (χ1n) is 9.61. The molecule has 0 atom stereocenters. The van der Waals surface area contributed by atoms with Gasteiger partial charge >= 0.3 is 0 Å².